The molecule has 8 nitrogen and oxygen atoms in total. The number of benzene rings is 1. The molecule has 4 aliphatic rings. The number of rotatable bonds is 5. The lowest BCUT2D eigenvalue weighted by Crippen LogP contribution is -2.60. The maximum atomic E-state index is 13.4. The van der Waals surface area contributed by atoms with Crippen LogP contribution in [0.3, 0.4) is 0 Å². The van der Waals surface area contributed by atoms with Crippen LogP contribution in [-0.4, -0.2) is 30.4 Å². The summed E-state index contributed by atoms with van der Waals surface area (Å²) >= 11 is 0. The first-order chi connectivity index (χ1) is 16.9. The summed E-state index contributed by atoms with van der Waals surface area (Å²) in [4.78, 5) is 20.0. The molecule has 0 spiro atoms. The van der Waals surface area contributed by atoms with E-state index in [0.29, 0.717) is 36.2 Å². The number of anilines is 2. The smallest absolute Gasteiger partial charge is 0.399 e. The van der Waals surface area contributed by atoms with Gasteiger partial charge in [-0.3, -0.25) is 9.20 Å². The molecule has 1 aromatic carbocycles. The first-order valence-electron chi connectivity index (χ1n) is 12.3. The van der Waals surface area contributed by atoms with Crippen molar-refractivity contribution in [3.63, 3.8) is 0 Å². The molecular formula is C25H28F3N7O. The number of aromatic nitrogens is 4. The van der Waals surface area contributed by atoms with Crippen molar-refractivity contribution in [2.24, 2.45) is 11.3 Å². The Hall–Kier alpha value is -3.37. The van der Waals surface area contributed by atoms with Crippen molar-refractivity contribution in [1.82, 2.24) is 24.5 Å². The molecule has 1 unspecified atom stereocenters. The van der Waals surface area contributed by atoms with Crippen LogP contribution in [-0.2, 0) is 24.1 Å². The quantitative estimate of drug-likeness (QED) is 0.495. The molecule has 3 N–H and O–H groups in total. The Bertz CT molecular complexity index is 1380. The zero-order chi connectivity index (χ0) is 25.6. The minimum Gasteiger partial charge on any atom is -0.399 e. The van der Waals surface area contributed by atoms with Crippen molar-refractivity contribution in [3.05, 3.63) is 46.4 Å². The Morgan fingerprint density at radius 1 is 1.14 bits per heavy atom. The molecule has 11 heteroatoms. The molecule has 1 atom stereocenters. The zero-order valence-electron chi connectivity index (χ0n) is 20.4. The number of amides is 1. The van der Waals surface area contributed by atoms with Crippen molar-refractivity contribution in [1.29, 1.82) is 0 Å². The third-order valence-corrected chi connectivity index (χ3v) is 7.93. The number of hydrogen-bond donors (Lipinski definition) is 2. The molecule has 2 aromatic heterocycles. The number of alkyl halides is 3. The molecule has 3 fully saturated rings. The van der Waals surface area contributed by atoms with E-state index in [1.54, 1.807) is 6.92 Å². The second-order valence-corrected chi connectivity index (χ2v) is 10.9. The number of fused-ring (bicyclic) bond motifs is 3. The predicted molar refractivity (Wildman–Crippen MR) is 127 cm³/mol. The number of carbonyl (C=O) groups excluding carboxylic acids is 1. The van der Waals surface area contributed by atoms with Gasteiger partial charge in [-0.25, -0.2) is 0 Å². The maximum absolute atomic E-state index is 13.4. The van der Waals surface area contributed by atoms with E-state index in [-0.39, 0.29) is 22.9 Å². The zero-order valence-corrected chi connectivity index (χ0v) is 20.4. The molecule has 0 radical (unpaired) electrons. The van der Waals surface area contributed by atoms with Gasteiger partial charge in [-0.2, -0.15) is 18.2 Å². The first kappa shape index (κ1) is 23.1. The molecule has 0 saturated heterocycles. The topological polar surface area (TPSA) is 101 Å². The van der Waals surface area contributed by atoms with Crippen LogP contribution in [0.5, 0.6) is 0 Å². The molecule has 3 aliphatic carbocycles. The first-order valence-corrected chi connectivity index (χ1v) is 12.3. The summed E-state index contributed by atoms with van der Waals surface area (Å²) in [6, 6.07) is 3.02. The van der Waals surface area contributed by atoms with E-state index in [4.69, 9.17) is 10.7 Å². The Morgan fingerprint density at radius 2 is 1.86 bits per heavy atom. The van der Waals surface area contributed by atoms with Gasteiger partial charge in [0, 0.05) is 17.2 Å². The number of nitrogen functional groups attached to an aromatic ring is 1. The summed E-state index contributed by atoms with van der Waals surface area (Å²) in [6.45, 7) is 6.62. The SMILES string of the molecule is CC(C)c1nnc2nc(NC(C)c3cc(N)cc(C(F)(F)F)c3)c3c(n12)CN(C(=O)C12CC(C1)C2)C3. The molecule has 7 rings (SSSR count). The van der Waals surface area contributed by atoms with Crippen molar-refractivity contribution >= 4 is 23.2 Å². The fourth-order valence-corrected chi connectivity index (χ4v) is 5.91. The molecule has 190 valence electrons. The molecule has 1 amide bonds. The monoisotopic (exact) mass is 499 g/mol. The minimum absolute atomic E-state index is 0.0384. The fourth-order valence-electron chi connectivity index (χ4n) is 5.91. The van der Waals surface area contributed by atoms with E-state index in [1.807, 2.05) is 23.1 Å². The molecule has 36 heavy (non-hydrogen) atoms. The van der Waals surface area contributed by atoms with Gasteiger partial charge in [-0.1, -0.05) is 13.8 Å². The lowest BCUT2D eigenvalue weighted by atomic mass is 9.44. The summed E-state index contributed by atoms with van der Waals surface area (Å²) in [7, 11) is 0. The third-order valence-electron chi connectivity index (χ3n) is 7.93. The van der Waals surface area contributed by atoms with Crippen LogP contribution in [0.1, 0.15) is 80.2 Å². The van der Waals surface area contributed by atoms with Gasteiger partial charge >= 0.3 is 6.18 Å². The molecule has 1 aliphatic heterocycles. The van der Waals surface area contributed by atoms with Crippen molar-refractivity contribution in [2.45, 2.75) is 71.3 Å². The van der Waals surface area contributed by atoms with Gasteiger partial charge in [0.25, 0.3) is 5.78 Å². The fraction of sp³-hybridized carbons (Fsp3) is 0.520. The maximum Gasteiger partial charge on any atom is 0.416 e. The van der Waals surface area contributed by atoms with E-state index in [1.165, 1.54) is 6.07 Å². The van der Waals surface area contributed by atoms with Crippen molar-refractivity contribution in [2.75, 3.05) is 11.1 Å². The highest BCUT2D eigenvalue weighted by Crippen LogP contribution is 2.65. The second kappa shape index (κ2) is 7.57. The number of hydrogen-bond acceptors (Lipinski definition) is 6. The highest BCUT2D eigenvalue weighted by atomic mass is 19.4. The summed E-state index contributed by atoms with van der Waals surface area (Å²) in [6.07, 6.45) is -1.60. The second-order valence-electron chi connectivity index (χ2n) is 10.9. The van der Waals surface area contributed by atoms with Gasteiger partial charge in [-0.15, -0.1) is 10.2 Å². The van der Waals surface area contributed by atoms with Gasteiger partial charge in [0.05, 0.1) is 35.8 Å². The summed E-state index contributed by atoms with van der Waals surface area (Å²) < 4.78 is 42.0. The van der Waals surface area contributed by atoms with Crippen LogP contribution in [0.2, 0.25) is 0 Å². The Balaban J connectivity index is 1.38. The third kappa shape index (κ3) is 3.42. The van der Waals surface area contributed by atoms with Crippen molar-refractivity contribution in [3.8, 4) is 0 Å². The van der Waals surface area contributed by atoms with Gasteiger partial charge in [0.15, 0.2) is 0 Å². The van der Waals surface area contributed by atoms with Crippen molar-refractivity contribution < 1.29 is 18.0 Å². The van der Waals surface area contributed by atoms with Crippen LogP contribution in [0.25, 0.3) is 5.78 Å². The summed E-state index contributed by atoms with van der Waals surface area (Å²) in [5.41, 5.74) is 6.95. The van der Waals surface area contributed by atoms with Gasteiger partial charge < -0.3 is 16.0 Å². The number of nitrogens with one attached hydrogen (secondary N) is 1. The molecule has 3 aromatic rings. The Kier molecular flexibility index (Phi) is 4.84. The number of halogens is 3. The van der Waals surface area contributed by atoms with E-state index in [9.17, 15) is 18.0 Å². The lowest BCUT2D eigenvalue weighted by molar-refractivity contribution is -0.177. The average Bonchev–Trinajstić information content (AvgIpc) is 3.34. The van der Waals surface area contributed by atoms with Crippen LogP contribution < -0.4 is 11.1 Å². The number of nitrogens with zero attached hydrogens (tertiary/aromatic N) is 5. The highest BCUT2D eigenvalue weighted by molar-refractivity contribution is 5.86. The van der Waals surface area contributed by atoms with Crippen LogP contribution in [0.4, 0.5) is 24.7 Å². The molecule has 3 heterocycles. The molecular weight excluding hydrogens is 471 g/mol. The highest BCUT2D eigenvalue weighted by Gasteiger charge is 2.62. The largest absolute Gasteiger partial charge is 0.416 e. The van der Waals surface area contributed by atoms with Gasteiger partial charge in [0.2, 0.25) is 5.91 Å². The molecule has 3 saturated carbocycles. The van der Waals surface area contributed by atoms with E-state index >= 15 is 0 Å². The summed E-state index contributed by atoms with van der Waals surface area (Å²) in [5.74, 6) is 2.62. The standard InChI is InChI=1S/C25H28F3N7O/c1-12(2)21-32-33-23-31-20(30-13(3)15-4-16(25(26,27)28)6-17(29)5-15)18-10-34(11-19(18)35(21)23)22(36)24-7-14(8-24)9-24/h4-6,12-14H,7-11,29H2,1-3H3,(H,30,31,33). The van der Waals surface area contributed by atoms with Crippen LogP contribution in [0.15, 0.2) is 18.2 Å². The van der Waals surface area contributed by atoms with E-state index < -0.39 is 17.8 Å². The normalized spacial score (nSPS) is 23.4. The number of nitrogens with two attached hydrogens (primary N) is 1. The average molecular weight is 500 g/mol. The predicted octanol–water partition coefficient (Wildman–Crippen LogP) is 4.66. The van der Waals surface area contributed by atoms with E-state index in [0.717, 1.165) is 48.5 Å². The van der Waals surface area contributed by atoms with E-state index in [2.05, 4.69) is 15.5 Å². The summed E-state index contributed by atoms with van der Waals surface area (Å²) in [5, 5.41) is 11.9. The number of carbonyl (C=O) groups is 1. The lowest BCUT2D eigenvalue weighted by Gasteiger charge is -2.61. The molecule has 2 bridgehead atoms. The Morgan fingerprint density at radius 3 is 2.47 bits per heavy atom. The minimum atomic E-state index is -4.50. The van der Waals surface area contributed by atoms with Gasteiger partial charge in [0.1, 0.15) is 11.6 Å². The van der Waals surface area contributed by atoms with Crippen LogP contribution in [0, 0.1) is 11.3 Å². The Labute approximate surface area is 206 Å². The van der Waals surface area contributed by atoms with Gasteiger partial charge in [-0.05, 0) is 55.9 Å². The van der Waals surface area contributed by atoms with Crippen LogP contribution >= 0.6 is 0 Å².